The number of hydrogen-bond acceptors (Lipinski definition) is 5. The van der Waals surface area contributed by atoms with E-state index in [9.17, 15) is 19.8 Å². The van der Waals surface area contributed by atoms with Crippen molar-refractivity contribution in [2.45, 2.75) is 334 Å². The number of nitrogens with one attached hydrogen (secondary N) is 1. The molecule has 0 aliphatic carbocycles. The Bertz CT molecular complexity index is 955. The van der Waals surface area contributed by atoms with E-state index in [0.29, 0.717) is 25.9 Å². The Morgan fingerprint density at radius 2 is 0.734 bits per heavy atom. The Labute approximate surface area is 399 Å². The van der Waals surface area contributed by atoms with Crippen LogP contribution in [0.25, 0.3) is 0 Å². The number of esters is 1. The van der Waals surface area contributed by atoms with E-state index in [4.69, 9.17) is 4.74 Å². The fraction of sp³-hybridized carbons (Fsp3) is 0.931. The third-order valence-corrected chi connectivity index (χ3v) is 13.6. The molecule has 2 unspecified atom stereocenters. The minimum absolute atomic E-state index is 0.00597. The Kier molecular flexibility index (Phi) is 53.0. The van der Waals surface area contributed by atoms with Gasteiger partial charge < -0.3 is 20.3 Å². The zero-order valence-corrected chi connectivity index (χ0v) is 43.3. The number of carbonyl (C=O) groups is 2. The van der Waals surface area contributed by atoms with Gasteiger partial charge in [0.05, 0.1) is 25.4 Å². The van der Waals surface area contributed by atoms with Crippen LogP contribution in [0, 0.1) is 0 Å². The van der Waals surface area contributed by atoms with E-state index in [1.807, 2.05) is 0 Å². The highest BCUT2D eigenvalue weighted by Crippen LogP contribution is 2.17. The van der Waals surface area contributed by atoms with Crippen LogP contribution >= 0.6 is 0 Å². The van der Waals surface area contributed by atoms with E-state index < -0.39 is 12.1 Å². The van der Waals surface area contributed by atoms with Crippen LogP contribution in [0.5, 0.6) is 0 Å². The normalized spacial score (nSPS) is 12.6. The summed E-state index contributed by atoms with van der Waals surface area (Å²) in [7, 11) is 0. The van der Waals surface area contributed by atoms with Crippen LogP contribution in [0.4, 0.5) is 0 Å². The second kappa shape index (κ2) is 54.2. The predicted octanol–water partition coefficient (Wildman–Crippen LogP) is 17.7. The quantitative estimate of drug-likeness (QED) is 0.0321. The number of amides is 1. The van der Waals surface area contributed by atoms with Crippen molar-refractivity contribution in [3.63, 3.8) is 0 Å². The first-order valence-corrected chi connectivity index (χ1v) is 28.9. The monoisotopic (exact) mass is 904 g/mol. The Morgan fingerprint density at radius 1 is 0.422 bits per heavy atom. The van der Waals surface area contributed by atoms with Crippen molar-refractivity contribution in [3.05, 3.63) is 12.2 Å². The molecule has 0 rings (SSSR count). The molecular formula is C58H113NO5. The van der Waals surface area contributed by atoms with Gasteiger partial charge in [0.2, 0.25) is 5.91 Å². The maximum Gasteiger partial charge on any atom is 0.305 e. The van der Waals surface area contributed by atoms with Crippen LogP contribution in [0.1, 0.15) is 322 Å². The lowest BCUT2D eigenvalue weighted by Gasteiger charge is -2.22. The van der Waals surface area contributed by atoms with Gasteiger partial charge in [0.15, 0.2) is 0 Å². The number of unbranched alkanes of at least 4 members (excludes halogenated alkanes) is 41. The lowest BCUT2D eigenvalue weighted by Crippen LogP contribution is -2.45. The highest BCUT2D eigenvalue weighted by Gasteiger charge is 2.20. The topological polar surface area (TPSA) is 95.9 Å². The number of aliphatic hydroxyl groups is 2. The van der Waals surface area contributed by atoms with Crippen LogP contribution in [0.3, 0.4) is 0 Å². The average Bonchev–Trinajstić information content (AvgIpc) is 3.29. The molecule has 380 valence electrons. The lowest BCUT2D eigenvalue weighted by molar-refractivity contribution is -0.143. The highest BCUT2D eigenvalue weighted by molar-refractivity contribution is 5.76. The number of carbonyl (C=O) groups excluding carboxylic acids is 2. The van der Waals surface area contributed by atoms with E-state index in [1.165, 1.54) is 250 Å². The summed E-state index contributed by atoms with van der Waals surface area (Å²) in [6, 6.07) is -0.547. The fourth-order valence-electron chi connectivity index (χ4n) is 9.11. The maximum atomic E-state index is 12.5. The minimum atomic E-state index is -0.669. The van der Waals surface area contributed by atoms with Gasteiger partial charge in [-0.2, -0.15) is 0 Å². The largest absolute Gasteiger partial charge is 0.466 e. The van der Waals surface area contributed by atoms with Crippen LogP contribution in [-0.4, -0.2) is 47.4 Å². The molecule has 3 N–H and O–H groups in total. The van der Waals surface area contributed by atoms with Crippen LogP contribution in [0.2, 0.25) is 0 Å². The van der Waals surface area contributed by atoms with E-state index >= 15 is 0 Å². The molecule has 0 aromatic rings. The fourth-order valence-corrected chi connectivity index (χ4v) is 9.11. The third-order valence-electron chi connectivity index (χ3n) is 13.6. The molecule has 0 saturated heterocycles. The summed E-state index contributed by atoms with van der Waals surface area (Å²) >= 11 is 0. The molecule has 0 aromatic carbocycles. The van der Waals surface area contributed by atoms with Gasteiger partial charge in [0, 0.05) is 12.8 Å². The van der Waals surface area contributed by atoms with Crippen molar-refractivity contribution in [1.29, 1.82) is 0 Å². The van der Waals surface area contributed by atoms with E-state index in [1.54, 1.807) is 0 Å². The number of ether oxygens (including phenoxy) is 1. The molecule has 0 aliphatic rings. The van der Waals surface area contributed by atoms with Gasteiger partial charge in [0.1, 0.15) is 0 Å². The first kappa shape index (κ1) is 62.6. The van der Waals surface area contributed by atoms with Gasteiger partial charge in [-0.1, -0.05) is 270 Å². The van der Waals surface area contributed by atoms with Gasteiger partial charge in [0.25, 0.3) is 0 Å². The summed E-state index contributed by atoms with van der Waals surface area (Å²) in [5, 5.41) is 23.3. The molecule has 0 bridgehead atoms. The van der Waals surface area contributed by atoms with E-state index in [2.05, 4.69) is 31.3 Å². The van der Waals surface area contributed by atoms with Crippen molar-refractivity contribution in [2.75, 3.05) is 13.2 Å². The molecule has 0 spiro atoms. The van der Waals surface area contributed by atoms with Crippen molar-refractivity contribution >= 4 is 11.9 Å². The van der Waals surface area contributed by atoms with E-state index in [-0.39, 0.29) is 18.5 Å². The average molecular weight is 905 g/mol. The van der Waals surface area contributed by atoms with Crippen molar-refractivity contribution in [1.82, 2.24) is 5.32 Å². The van der Waals surface area contributed by atoms with Gasteiger partial charge in [-0.05, 0) is 51.4 Å². The Balaban J connectivity index is 3.43. The number of aliphatic hydroxyl groups excluding tert-OH is 2. The summed E-state index contributed by atoms with van der Waals surface area (Å²) in [5.41, 5.74) is 0. The third kappa shape index (κ3) is 50.0. The van der Waals surface area contributed by atoms with Gasteiger partial charge in [-0.25, -0.2) is 0 Å². The molecule has 0 aromatic heterocycles. The van der Waals surface area contributed by atoms with Crippen molar-refractivity contribution in [3.8, 4) is 0 Å². The Morgan fingerprint density at radius 3 is 1.11 bits per heavy atom. The zero-order valence-electron chi connectivity index (χ0n) is 43.3. The highest BCUT2D eigenvalue weighted by atomic mass is 16.5. The summed E-state index contributed by atoms with van der Waals surface area (Å²) in [4.78, 5) is 24.5. The minimum Gasteiger partial charge on any atom is -0.466 e. The molecule has 6 heteroatoms. The molecule has 1 amide bonds. The van der Waals surface area contributed by atoms with Crippen LogP contribution in [0.15, 0.2) is 12.2 Å². The van der Waals surface area contributed by atoms with Crippen molar-refractivity contribution < 1.29 is 24.5 Å². The molecule has 0 heterocycles. The number of allylic oxidation sites excluding steroid dienone is 2. The molecule has 0 saturated carbocycles. The van der Waals surface area contributed by atoms with Gasteiger partial charge in [-0.3, -0.25) is 9.59 Å². The summed E-state index contributed by atoms with van der Waals surface area (Å²) in [6.45, 7) is 4.96. The number of hydrogen-bond donors (Lipinski definition) is 3. The SMILES string of the molecule is CCCCCCCCCCCCCCCCCC(O)C(CO)NC(=O)CCCCCCCCC/C=C\CCCCCCCCCCOC(=O)CCCCCCCCCCCCCCC. The molecule has 0 aliphatic heterocycles. The second-order valence-electron chi connectivity index (χ2n) is 20.0. The molecule has 2 atom stereocenters. The predicted molar refractivity (Wildman–Crippen MR) is 278 cm³/mol. The molecule has 64 heavy (non-hydrogen) atoms. The van der Waals surface area contributed by atoms with Gasteiger partial charge >= 0.3 is 5.97 Å². The molecule has 0 fully saturated rings. The smallest absolute Gasteiger partial charge is 0.305 e. The molecule has 0 radical (unpaired) electrons. The molecule has 6 nitrogen and oxygen atoms in total. The number of rotatable bonds is 54. The lowest BCUT2D eigenvalue weighted by atomic mass is 10.0. The van der Waals surface area contributed by atoms with Crippen molar-refractivity contribution in [2.24, 2.45) is 0 Å². The first-order chi connectivity index (χ1) is 31.5. The van der Waals surface area contributed by atoms with E-state index in [0.717, 1.165) is 38.5 Å². The second-order valence-corrected chi connectivity index (χ2v) is 20.0. The Hall–Kier alpha value is -1.40. The summed E-state index contributed by atoms with van der Waals surface area (Å²) in [6.07, 6.45) is 63.4. The molecular weight excluding hydrogens is 791 g/mol. The van der Waals surface area contributed by atoms with Gasteiger partial charge in [-0.15, -0.1) is 0 Å². The van der Waals surface area contributed by atoms with Crippen LogP contribution < -0.4 is 5.32 Å². The zero-order chi connectivity index (χ0) is 46.5. The summed E-state index contributed by atoms with van der Waals surface area (Å²) in [5.74, 6) is -0.0367. The first-order valence-electron chi connectivity index (χ1n) is 28.9. The summed E-state index contributed by atoms with van der Waals surface area (Å²) < 4.78 is 5.47. The van der Waals surface area contributed by atoms with Crippen LogP contribution in [-0.2, 0) is 14.3 Å². The standard InChI is InChI=1S/C58H113NO5/c1-3-5-7-9-11-13-15-17-23-27-30-34-38-42-46-50-56(61)55(54-60)59-57(62)51-47-43-39-35-31-28-24-21-19-18-20-22-25-29-33-37-41-45-49-53-64-58(63)52-48-44-40-36-32-26-16-14-12-10-8-6-4-2/h18-19,55-56,60-61H,3-17,20-54H2,1-2H3,(H,59,62)/b19-18-. The maximum absolute atomic E-state index is 12.5.